The van der Waals surface area contributed by atoms with Gasteiger partial charge >= 0.3 is 0 Å². The topological polar surface area (TPSA) is 102 Å². The summed E-state index contributed by atoms with van der Waals surface area (Å²) in [5, 5.41) is 5.84. The third-order valence-electron chi connectivity index (χ3n) is 4.00. The summed E-state index contributed by atoms with van der Waals surface area (Å²) in [4.78, 5) is 15.9. The van der Waals surface area contributed by atoms with E-state index in [0.29, 0.717) is 29.0 Å². The first-order chi connectivity index (χ1) is 12.2. The highest BCUT2D eigenvalue weighted by atomic mass is 35.5. The molecule has 3 N–H and O–H groups in total. The minimum Gasteiger partial charge on any atom is -0.494 e. The van der Waals surface area contributed by atoms with Gasteiger partial charge in [-0.2, -0.15) is 0 Å². The number of aromatic nitrogens is 1. The number of H-pyrrole nitrogens is 1. The van der Waals surface area contributed by atoms with Crippen LogP contribution in [0.3, 0.4) is 0 Å². The Morgan fingerprint density at radius 3 is 2.62 bits per heavy atom. The summed E-state index contributed by atoms with van der Waals surface area (Å²) in [6, 6.07) is 9.46. The first-order valence-electron chi connectivity index (χ1n) is 7.84. The number of nitrogens with two attached hydrogens (primary N) is 1. The fourth-order valence-electron chi connectivity index (χ4n) is 2.86. The van der Waals surface area contributed by atoms with E-state index in [4.69, 9.17) is 21.5 Å². The molecule has 0 saturated heterocycles. The van der Waals surface area contributed by atoms with Crippen molar-refractivity contribution in [1.29, 1.82) is 0 Å². The summed E-state index contributed by atoms with van der Waals surface area (Å²) < 4.78 is 28.8. The summed E-state index contributed by atoms with van der Waals surface area (Å²) in [5.41, 5.74) is 2.09. The first kappa shape index (κ1) is 18.4. The Bertz CT molecular complexity index is 1120. The molecule has 26 heavy (non-hydrogen) atoms. The van der Waals surface area contributed by atoms with E-state index >= 15 is 0 Å². The summed E-state index contributed by atoms with van der Waals surface area (Å²) in [6.07, 6.45) is 0. The number of halogens is 1. The van der Waals surface area contributed by atoms with Crippen LogP contribution < -0.4 is 9.88 Å². The number of rotatable bonds is 5. The number of aromatic amines is 1. The van der Waals surface area contributed by atoms with Crippen LogP contribution in [0.15, 0.2) is 41.3 Å². The van der Waals surface area contributed by atoms with Crippen LogP contribution >= 0.6 is 11.6 Å². The quantitative estimate of drug-likeness (QED) is 0.649. The lowest BCUT2D eigenvalue weighted by atomic mass is 10.0. The molecular weight excluding hydrogens is 376 g/mol. The normalized spacial score (nSPS) is 11.7. The zero-order valence-electron chi connectivity index (χ0n) is 14.2. The average Bonchev–Trinajstić information content (AvgIpc) is 2.89. The van der Waals surface area contributed by atoms with Gasteiger partial charge in [0.25, 0.3) is 0 Å². The number of primary sulfonamides is 1. The van der Waals surface area contributed by atoms with Gasteiger partial charge in [0.2, 0.25) is 10.0 Å². The van der Waals surface area contributed by atoms with Gasteiger partial charge in [0.05, 0.1) is 17.2 Å². The molecule has 1 aromatic heterocycles. The van der Waals surface area contributed by atoms with Gasteiger partial charge in [0.15, 0.2) is 5.78 Å². The van der Waals surface area contributed by atoms with Crippen LogP contribution in [-0.2, 0) is 10.0 Å². The van der Waals surface area contributed by atoms with Gasteiger partial charge in [-0.1, -0.05) is 11.6 Å². The first-order valence-corrected chi connectivity index (χ1v) is 9.77. The second-order valence-corrected chi connectivity index (χ2v) is 7.72. The highest BCUT2D eigenvalue weighted by Crippen LogP contribution is 2.30. The molecule has 0 aliphatic rings. The summed E-state index contributed by atoms with van der Waals surface area (Å²) >= 11 is 5.90. The van der Waals surface area contributed by atoms with Crippen LogP contribution in [-0.4, -0.2) is 25.8 Å². The molecular formula is C18H17ClN2O4S. The van der Waals surface area contributed by atoms with Crippen LogP contribution in [0.1, 0.15) is 28.5 Å². The zero-order valence-corrected chi connectivity index (χ0v) is 15.7. The highest BCUT2D eigenvalue weighted by Gasteiger charge is 2.21. The van der Waals surface area contributed by atoms with Crippen molar-refractivity contribution in [2.45, 2.75) is 18.7 Å². The molecule has 0 aliphatic heterocycles. The molecule has 2 aromatic carbocycles. The van der Waals surface area contributed by atoms with Gasteiger partial charge in [-0.3, -0.25) is 4.79 Å². The Morgan fingerprint density at radius 2 is 1.96 bits per heavy atom. The minimum atomic E-state index is -4.04. The van der Waals surface area contributed by atoms with Crippen LogP contribution in [0.2, 0.25) is 5.02 Å². The third kappa shape index (κ3) is 3.33. The number of ether oxygens (including phenoxy) is 1. The van der Waals surface area contributed by atoms with Crippen LogP contribution in [0.25, 0.3) is 10.9 Å². The molecule has 0 radical (unpaired) electrons. The molecule has 0 saturated carbocycles. The van der Waals surface area contributed by atoms with E-state index in [-0.39, 0.29) is 21.3 Å². The van der Waals surface area contributed by atoms with Crippen molar-refractivity contribution in [2.75, 3.05) is 6.61 Å². The molecule has 1 heterocycles. The van der Waals surface area contributed by atoms with E-state index in [1.165, 1.54) is 18.2 Å². The Morgan fingerprint density at radius 1 is 1.23 bits per heavy atom. The molecule has 3 aromatic rings. The molecule has 3 rings (SSSR count). The minimum absolute atomic E-state index is 0.0293. The van der Waals surface area contributed by atoms with Crippen molar-refractivity contribution in [1.82, 2.24) is 4.98 Å². The van der Waals surface area contributed by atoms with E-state index in [9.17, 15) is 13.2 Å². The molecule has 136 valence electrons. The van der Waals surface area contributed by atoms with Crippen LogP contribution in [0.4, 0.5) is 0 Å². The fourth-order valence-corrected chi connectivity index (χ4v) is 3.93. The maximum atomic E-state index is 13.1. The van der Waals surface area contributed by atoms with Gasteiger partial charge in [0.1, 0.15) is 10.6 Å². The molecule has 0 unspecified atom stereocenters. The number of nitrogens with one attached hydrogen (secondary N) is 1. The van der Waals surface area contributed by atoms with E-state index in [1.54, 1.807) is 13.0 Å². The predicted octanol–water partition coefficient (Wildman–Crippen LogP) is 3.41. The maximum Gasteiger partial charge on any atom is 0.239 e. The van der Waals surface area contributed by atoms with E-state index in [1.807, 2.05) is 19.1 Å². The number of ketones is 1. The van der Waals surface area contributed by atoms with Gasteiger partial charge in [0, 0.05) is 22.2 Å². The number of hydrogen-bond acceptors (Lipinski definition) is 4. The predicted molar refractivity (Wildman–Crippen MR) is 100 cm³/mol. The van der Waals surface area contributed by atoms with Crippen molar-refractivity contribution in [2.24, 2.45) is 5.14 Å². The molecule has 0 amide bonds. The van der Waals surface area contributed by atoms with Gasteiger partial charge in [-0.15, -0.1) is 0 Å². The second-order valence-electron chi connectivity index (χ2n) is 5.78. The summed E-state index contributed by atoms with van der Waals surface area (Å²) in [5.74, 6) is 0.318. The van der Waals surface area contributed by atoms with Gasteiger partial charge in [-0.05, 0) is 50.2 Å². The van der Waals surface area contributed by atoms with Crippen molar-refractivity contribution in [3.8, 4) is 5.75 Å². The smallest absolute Gasteiger partial charge is 0.239 e. The SMILES string of the molecule is CCOc1ccc2[nH]c(C)c(C(=O)c3ccc(Cl)c(S(N)(=O)=O)c3)c2c1. The number of hydrogen-bond donors (Lipinski definition) is 2. The second kappa shape index (κ2) is 6.75. The number of aryl methyl sites for hydroxylation is 1. The number of carbonyl (C=O) groups is 1. The average molecular weight is 393 g/mol. The van der Waals surface area contributed by atoms with Gasteiger partial charge < -0.3 is 9.72 Å². The highest BCUT2D eigenvalue weighted by molar-refractivity contribution is 7.89. The lowest BCUT2D eigenvalue weighted by Crippen LogP contribution is -2.14. The van der Waals surface area contributed by atoms with Crippen molar-refractivity contribution >= 4 is 38.3 Å². The number of sulfonamides is 1. The van der Waals surface area contributed by atoms with E-state index < -0.39 is 10.0 Å². The lowest BCUT2D eigenvalue weighted by molar-refractivity contribution is 0.103. The van der Waals surface area contributed by atoms with E-state index in [0.717, 1.165) is 5.52 Å². The summed E-state index contributed by atoms with van der Waals surface area (Å²) in [7, 11) is -4.04. The summed E-state index contributed by atoms with van der Waals surface area (Å²) in [6.45, 7) is 4.16. The third-order valence-corrected chi connectivity index (χ3v) is 5.39. The number of fused-ring (bicyclic) bond motifs is 1. The molecule has 0 atom stereocenters. The molecule has 0 bridgehead atoms. The standard InChI is InChI=1S/C18H17ClN2O4S/c1-3-25-12-5-7-15-13(9-12)17(10(2)21-15)18(22)11-4-6-14(19)16(8-11)26(20,23)24/h4-9,21H,3H2,1-2H3,(H2,20,23,24). The number of carbonyl (C=O) groups excluding carboxylic acids is 1. The molecule has 6 nitrogen and oxygen atoms in total. The fraction of sp³-hybridized carbons (Fsp3) is 0.167. The van der Waals surface area contributed by atoms with Crippen LogP contribution in [0.5, 0.6) is 5.75 Å². The maximum absolute atomic E-state index is 13.1. The Kier molecular flexibility index (Phi) is 4.79. The monoisotopic (exact) mass is 392 g/mol. The Balaban J connectivity index is 2.16. The van der Waals surface area contributed by atoms with Gasteiger partial charge in [-0.25, -0.2) is 13.6 Å². The van der Waals surface area contributed by atoms with Crippen LogP contribution in [0, 0.1) is 6.92 Å². The molecule has 8 heteroatoms. The molecule has 0 spiro atoms. The van der Waals surface area contributed by atoms with Crippen molar-refractivity contribution in [3.63, 3.8) is 0 Å². The molecule has 0 fully saturated rings. The number of benzene rings is 2. The van der Waals surface area contributed by atoms with Crippen molar-refractivity contribution in [3.05, 3.63) is 58.2 Å². The van der Waals surface area contributed by atoms with Crippen molar-refractivity contribution < 1.29 is 17.9 Å². The Hall–Kier alpha value is -2.35. The molecule has 0 aliphatic carbocycles. The Labute approximate surface area is 156 Å². The largest absolute Gasteiger partial charge is 0.494 e. The van der Waals surface area contributed by atoms with E-state index in [2.05, 4.69) is 4.98 Å². The zero-order chi connectivity index (χ0) is 19.1. The lowest BCUT2D eigenvalue weighted by Gasteiger charge is -2.07.